The average molecular weight is 527 g/mol. The first-order valence-electron chi connectivity index (χ1n) is 10.7. The number of amides is 1. The maximum absolute atomic E-state index is 12.6. The second-order valence-corrected chi connectivity index (χ2v) is 9.66. The van der Waals surface area contributed by atoms with E-state index in [0.29, 0.717) is 16.6 Å². The van der Waals surface area contributed by atoms with Gasteiger partial charge in [-0.3, -0.25) is 0 Å². The van der Waals surface area contributed by atoms with Gasteiger partial charge in [-0.15, -0.1) is 0 Å². The lowest BCUT2D eigenvalue weighted by atomic mass is 9.99. The molecule has 0 saturated heterocycles. The molecule has 3 aromatic rings. The molecule has 2 aromatic carbocycles. The fourth-order valence-electron chi connectivity index (χ4n) is 3.56. The zero-order valence-corrected chi connectivity index (χ0v) is 21.0. The van der Waals surface area contributed by atoms with Crippen molar-refractivity contribution in [3.8, 4) is 6.07 Å². The maximum Gasteiger partial charge on any atom is 0.407 e. The van der Waals surface area contributed by atoms with Crippen molar-refractivity contribution in [1.82, 2.24) is 10.3 Å². The minimum absolute atomic E-state index is 0.272. The summed E-state index contributed by atoms with van der Waals surface area (Å²) >= 11 is 3.40. The molecule has 1 amide bonds. The highest BCUT2D eigenvalue weighted by atomic mass is 79.9. The first kappa shape index (κ1) is 25.1. The number of rotatable bonds is 7. The number of ether oxygens (including phenoxy) is 2. The van der Waals surface area contributed by atoms with E-state index in [1.165, 1.54) is 7.11 Å². The number of aromatic nitrogens is 1. The summed E-state index contributed by atoms with van der Waals surface area (Å²) in [6, 6.07) is 13.4. The summed E-state index contributed by atoms with van der Waals surface area (Å²) in [5.41, 5.74) is 1.86. The maximum atomic E-state index is 12.6. The smallest absolute Gasteiger partial charge is 0.407 e. The molecule has 178 valence electrons. The molecule has 3 rings (SSSR count). The molecule has 0 fully saturated rings. The topological polar surface area (TPSA) is 116 Å². The fourth-order valence-corrected chi connectivity index (χ4v) is 3.92. The van der Waals surface area contributed by atoms with E-state index >= 15 is 0 Å². The van der Waals surface area contributed by atoms with Crippen LogP contribution < -0.4 is 10.6 Å². The minimum atomic E-state index is -0.890. The Bertz CT molecular complexity index is 1230. The predicted octanol–water partition coefficient (Wildman–Crippen LogP) is 5.16. The van der Waals surface area contributed by atoms with Crippen LogP contribution in [0.25, 0.3) is 10.9 Å². The van der Waals surface area contributed by atoms with Gasteiger partial charge in [0.1, 0.15) is 11.6 Å². The van der Waals surface area contributed by atoms with Crippen molar-refractivity contribution in [2.45, 2.75) is 44.9 Å². The van der Waals surface area contributed by atoms with Crippen molar-refractivity contribution in [1.29, 1.82) is 5.26 Å². The Kier molecular flexibility index (Phi) is 7.84. The van der Waals surface area contributed by atoms with Gasteiger partial charge in [0, 0.05) is 21.6 Å². The highest BCUT2D eigenvalue weighted by Crippen LogP contribution is 2.25. The number of alkyl carbamates (subject to hydrolysis) is 1. The van der Waals surface area contributed by atoms with Gasteiger partial charge in [0.2, 0.25) is 0 Å². The number of fused-ring (bicyclic) bond motifs is 1. The molecule has 0 spiro atoms. The molecule has 0 aliphatic rings. The van der Waals surface area contributed by atoms with Crippen LogP contribution >= 0.6 is 15.9 Å². The number of nitriles is 1. The third-order valence-corrected chi connectivity index (χ3v) is 5.55. The molecular weight excluding hydrogens is 500 g/mol. The normalized spacial score (nSPS) is 12.9. The second-order valence-electron chi connectivity index (χ2n) is 8.75. The number of para-hydroxylation sites is 1. The van der Waals surface area contributed by atoms with Crippen LogP contribution in [0.15, 0.2) is 53.1 Å². The summed E-state index contributed by atoms with van der Waals surface area (Å²) in [6.07, 6.45) is 1.57. The highest BCUT2D eigenvalue weighted by Gasteiger charge is 2.28. The number of carbonyl (C=O) groups is 2. The van der Waals surface area contributed by atoms with Gasteiger partial charge in [-0.2, -0.15) is 5.26 Å². The SMILES string of the molecule is COC(=O)c1ccc(Br)cc1NC(C#N)C(Cc1c[nH]c2ccccc12)NC(=O)OC(C)(C)C. The lowest BCUT2D eigenvalue weighted by Gasteiger charge is -2.27. The summed E-state index contributed by atoms with van der Waals surface area (Å²) in [7, 11) is 1.29. The van der Waals surface area contributed by atoms with E-state index in [9.17, 15) is 14.9 Å². The van der Waals surface area contributed by atoms with E-state index in [-0.39, 0.29) is 5.56 Å². The first-order valence-corrected chi connectivity index (χ1v) is 11.5. The van der Waals surface area contributed by atoms with Gasteiger partial charge in [0.25, 0.3) is 0 Å². The number of nitrogens with zero attached hydrogens (tertiary/aromatic N) is 1. The van der Waals surface area contributed by atoms with Crippen molar-refractivity contribution in [3.63, 3.8) is 0 Å². The number of hydrogen-bond donors (Lipinski definition) is 3. The third-order valence-electron chi connectivity index (χ3n) is 5.06. The van der Waals surface area contributed by atoms with Crippen LogP contribution in [0.3, 0.4) is 0 Å². The Morgan fingerprint density at radius 1 is 1.21 bits per heavy atom. The Hall–Kier alpha value is -3.51. The average Bonchev–Trinajstić information content (AvgIpc) is 3.18. The van der Waals surface area contributed by atoms with Crippen LogP contribution in [0.4, 0.5) is 10.5 Å². The Morgan fingerprint density at radius 2 is 1.94 bits per heavy atom. The molecule has 0 radical (unpaired) electrons. The van der Waals surface area contributed by atoms with Gasteiger partial charge in [-0.1, -0.05) is 34.1 Å². The van der Waals surface area contributed by atoms with Gasteiger partial charge in [0.05, 0.1) is 30.5 Å². The second kappa shape index (κ2) is 10.6. The van der Waals surface area contributed by atoms with Crippen molar-refractivity contribution in [2.75, 3.05) is 12.4 Å². The number of H-pyrrole nitrogens is 1. The Morgan fingerprint density at radius 3 is 2.62 bits per heavy atom. The van der Waals surface area contributed by atoms with Crippen LogP contribution in [-0.2, 0) is 15.9 Å². The van der Waals surface area contributed by atoms with Gasteiger partial charge >= 0.3 is 12.1 Å². The summed E-state index contributed by atoms with van der Waals surface area (Å²) in [6.45, 7) is 5.31. The number of hydrogen-bond acceptors (Lipinski definition) is 6. The lowest BCUT2D eigenvalue weighted by Crippen LogP contribution is -2.49. The first-order chi connectivity index (χ1) is 16.1. The van der Waals surface area contributed by atoms with Crippen LogP contribution in [0.2, 0.25) is 0 Å². The van der Waals surface area contributed by atoms with E-state index in [4.69, 9.17) is 9.47 Å². The number of anilines is 1. The number of halogens is 1. The van der Waals surface area contributed by atoms with E-state index in [1.807, 2.05) is 30.5 Å². The molecule has 3 N–H and O–H groups in total. The molecule has 0 aliphatic carbocycles. The van der Waals surface area contributed by atoms with Crippen LogP contribution in [0.1, 0.15) is 36.7 Å². The molecular formula is C25H27BrN4O4. The Balaban J connectivity index is 1.95. The van der Waals surface area contributed by atoms with Crippen molar-refractivity contribution in [2.24, 2.45) is 0 Å². The van der Waals surface area contributed by atoms with E-state index in [1.54, 1.807) is 39.0 Å². The zero-order chi connectivity index (χ0) is 24.9. The largest absolute Gasteiger partial charge is 0.465 e. The molecule has 2 atom stereocenters. The lowest BCUT2D eigenvalue weighted by molar-refractivity contribution is 0.0501. The molecule has 1 aromatic heterocycles. The van der Waals surface area contributed by atoms with Crippen molar-refractivity contribution >= 4 is 44.6 Å². The molecule has 1 heterocycles. The van der Waals surface area contributed by atoms with Crippen LogP contribution in [0.5, 0.6) is 0 Å². The fraction of sp³-hybridized carbons (Fsp3) is 0.320. The molecule has 0 bridgehead atoms. The highest BCUT2D eigenvalue weighted by molar-refractivity contribution is 9.10. The molecule has 0 saturated carbocycles. The molecule has 8 nitrogen and oxygen atoms in total. The zero-order valence-electron chi connectivity index (χ0n) is 19.4. The number of methoxy groups -OCH3 is 1. The van der Waals surface area contributed by atoms with E-state index in [0.717, 1.165) is 16.5 Å². The summed E-state index contributed by atoms with van der Waals surface area (Å²) in [5.74, 6) is -0.542. The standard InChI is InChI=1S/C25H27BrN4O4/c1-25(2,3)34-24(32)30-21(11-15-14-28-19-8-6-5-7-17(15)19)22(13-27)29-20-12-16(26)9-10-18(20)23(31)33-4/h5-10,12,14,21-22,28-29H,11H2,1-4H3,(H,30,32). The minimum Gasteiger partial charge on any atom is -0.465 e. The quantitative estimate of drug-likeness (QED) is 0.366. The number of aromatic amines is 1. The molecule has 9 heteroatoms. The number of esters is 1. The number of nitrogens with one attached hydrogen (secondary N) is 3. The molecule has 34 heavy (non-hydrogen) atoms. The summed E-state index contributed by atoms with van der Waals surface area (Å²) < 4.78 is 11.0. The van der Waals surface area contributed by atoms with Gasteiger partial charge < -0.3 is 25.1 Å². The van der Waals surface area contributed by atoms with Crippen molar-refractivity contribution < 1.29 is 19.1 Å². The summed E-state index contributed by atoms with van der Waals surface area (Å²) in [4.78, 5) is 28.1. The van der Waals surface area contributed by atoms with Crippen molar-refractivity contribution in [3.05, 3.63) is 64.3 Å². The monoisotopic (exact) mass is 526 g/mol. The van der Waals surface area contributed by atoms with Gasteiger partial charge in [0.15, 0.2) is 0 Å². The Labute approximate surface area is 206 Å². The number of carbonyl (C=O) groups excluding carboxylic acids is 2. The van der Waals surface area contributed by atoms with Gasteiger partial charge in [-0.25, -0.2) is 9.59 Å². The van der Waals surface area contributed by atoms with E-state index in [2.05, 4.69) is 37.6 Å². The summed E-state index contributed by atoms with van der Waals surface area (Å²) in [5, 5.41) is 17.0. The van der Waals surface area contributed by atoms with Gasteiger partial charge in [-0.05, 0) is 57.0 Å². The third kappa shape index (κ3) is 6.29. The van der Waals surface area contributed by atoms with Crippen LogP contribution in [-0.4, -0.2) is 41.8 Å². The molecule has 0 aliphatic heterocycles. The van der Waals surface area contributed by atoms with E-state index < -0.39 is 29.7 Å². The number of benzene rings is 2. The predicted molar refractivity (Wildman–Crippen MR) is 134 cm³/mol. The van der Waals surface area contributed by atoms with Crippen LogP contribution in [0, 0.1) is 11.3 Å². The molecule has 2 unspecified atom stereocenters.